The zero-order chi connectivity index (χ0) is 17.4. The molecule has 25 heavy (non-hydrogen) atoms. The Morgan fingerprint density at radius 2 is 2.04 bits per heavy atom. The van der Waals surface area contributed by atoms with E-state index in [-0.39, 0.29) is 17.6 Å². The number of rotatable bonds is 4. The van der Waals surface area contributed by atoms with Crippen LogP contribution in [0.4, 0.5) is 5.82 Å². The van der Waals surface area contributed by atoms with Crippen molar-refractivity contribution in [2.24, 2.45) is 0 Å². The van der Waals surface area contributed by atoms with Crippen LogP contribution in [0, 0.1) is 0 Å². The molecule has 8 heteroatoms. The van der Waals surface area contributed by atoms with E-state index in [1.165, 1.54) is 11.9 Å². The molecule has 4 rings (SSSR count). The topological polar surface area (TPSA) is 99.1 Å². The van der Waals surface area contributed by atoms with Crippen LogP contribution in [0.5, 0.6) is 0 Å². The fourth-order valence-electron chi connectivity index (χ4n) is 3.04. The van der Waals surface area contributed by atoms with Gasteiger partial charge in [0.25, 0.3) is 0 Å². The van der Waals surface area contributed by atoms with Crippen molar-refractivity contribution < 1.29 is 9.84 Å². The summed E-state index contributed by atoms with van der Waals surface area (Å²) in [7, 11) is 0. The van der Waals surface area contributed by atoms with E-state index in [0.29, 0.717) is 17.0 Å². The first-order valence-electron chi connectivity index (χ1n) is 8.07. The highest BCUT2D eigenvalue weighted by atomic mass is 32.2. The van der Waals surface area contributed by atoms with Crippen LogP contribution in [0.2, 0.25) is 0 Å². The van der Waals surface area contributed by atoms with Crippen LogP contribution in [0.1, 0.15) is 18.7 Å². The number of benzene rings is 1. The second-order valence-corrected chi connectivity index (χ2v) is 7.23. The van der Waals surface area contributed by atoms with Crippen molar-refractivity contribution in [1.82, 2.24) is 19.5 Å². The zero-order valence-corrected chi connectivity index (χ0v) is 14.5. The first-order valence-corrected chi connectivity index (χ1v) is 9.12. The number of imidazole rings is 1. The number of hydrogen-bond donors (Lipinski definition) is 2. The molecule has 1 saturated heterocycles. The number of nitrogen functional groups attached to an aromatic ring is 1. The van der Waals surface area contributed by atoms with E-state index in [9.17, 15) is 5.11 Å². The molecule has 0 unspecified atom stereocenters. The number of nitrogens with zero attached hydrogens (tertiary/aromatic N) is 4. The van der Waals surface area contributed by atoms with Crippen molar-refractivity contribution in [2.75, 3.05) is 5.73 Å². The van der Waals surface area contributed by atoms with Crippen LogP contribution in [0.25, 0.3) is 11.2 Å². The minimum atomic E-state index is -0.574. The van der Waals surface area contributed by atoms with Gasteiger partial charge in [0.15, 0.2) is 17.7 Å². The van der Waals surface area contributed by atoms with Crippen LogP contribution in [-0.4, -0.2) is 42.1 Å². The maximum Gasteiger partial charge on any atom is 0.167 e. The number of aromatic nitrogens is 4. The second-order valence-electron chi connectivity index (χ2n) is 6.07. The Bertz CT molecular complexity index is 872. The quantitative estimate of drug-likeness (QED) is 0.736. The molecule has 1 fully saturated rings. The molecule has 4 atom stereocenters. The van der Waals surface area contributed by atoms with Gasteiger partial charge in [-0.1, -0.05) is 30.3 Å². The van der Waals surface area contributed by atoms with Gasteiger partial charge in [0.2, 0.25) is 0 Å². The van der Waals surface area contributed by atoms with Gasteiger partial charge in [-0.3, -0.25) is 4.57 Å². The van der Waals surface area contributed by atoms with E-state index in [2.05, 4.69) is 27.1 Å². The number of aliphatic hydroxyl groups is 1. The lowest BCUT2D eigenvalue weighted by Gasteiger charge is -2.21. The number of fused-ring (bicyclic) bond motifs is 1. The summed E-state index contributed by atoms with van der Waals surface area (Å²) in [5, 5.41) is 10.5. The maximum absolute atomic E-state index is 10.6. The standard InChI is InChI=1S/C17H19N5O2S/c1-10-13(23)14(25-7-11-5-3-2-4-6-11)17(24-10)22-9-21-12-15(18)19-8-20-16(12)22/h2-6,8-10,13-14,17,23H,7H2,1H3,(H2,18,19,20)/t10-,13+,14-,17-/m1/s1. The van der Waals surface area contributed by atoms with Crippen molar-refractivity contribution >= 4 is 28.7 Å². The molecule has 0 spiro atoms. The summed E-state index contributed by atoms with van der Waals surface area (Å²) in [5.74, 6) is 1.13. The van der Waals surface area contributed by atoms with Crippen molar-refractivity contribution in [1.29, 1.82) is 0 Å². The Kier molecular flexibility index (Phi) is 4.32. The molecule has 0 radical (unpaired) electrons. The summed E-state index contributed by atoms with van der Waals surface area (Å²) in [5.41, 5.74) is 8.24. The maximum atomic E-state index is 10.6. The van der Waals surface area contributed by atoms with Crippen molar-refractivity contribution in [3.05, 3.63) is 48.5 Å². The van der Waals surface area contributed by atoms with Gasteiger partial charge in [-0.25, -0.2) is 15.0 Å². The van der Waals surface area contributed by atoms with Gasteiger partial charge in [0.1, 0.15) is 11.8 Å². The van der Waals surface area contributed by atoms with Gasteiger partial charge < -0.3 is 15.6 Å². The summed E-state index contributed by atoms with van der Waals surface area (Å²) >= 11 is 1.67. The predicted molar refractivity (Wildman–Crippen MR) is 96.9 cm³/mol. The molecule has 1 aliphatic heterocycles. The summed E-state index contributed by atoms with van der Waals surface area (Å²) in [6, 6.07) is 10.2. The third-order valence-electron chi connectivity index (χ3n) is 4.40. The Morgan fingerprint density at radius 1 is 1.24 bits per heavy atom. The SMILES string of the molecule is C[C@H]1O[C@@H](n2cnc3c(N)ncnc32)[C@H](SCc2ccccc2)[C@H]1O. The third-order valence-corrected chi connectivity index (χ3v) is 5.80. The van der Waals surface area contributed by atoms with Crippen LogP contribution >= 0.6 is 11.8 Å². The summed E-state index contributed by atoms with van der Waals surface area (Å²) in [6.45, 7) is 1.88. The molecule has 1 aliphatic rings. The molecular formula is C17H19N5O2S. The van der Waals surface area contributed by atoms with Gasteiger partial charge in [-0.2, -0.15) is 0 Å². The van der Waals surface area contributed by atoms with Gasteiger partial charge in [0, 0.05) is 5.75 Å². The van der Waals surface area contributed by atoms with E-state index in [1.54, 1.807) is 18.1 Å². The molecule has 0 saturated carbocycles. The molecule has 130 valence electrons. The second kappa shape index (κ2) is 6.62. The molecule has 7 nitrogen and oxygen atoms in total. The molecular weight excluding hydrogens is 338 g/mol. The van der Waals surface area contributed by atoms with Gasteiger partial charge >= 0.3 is 0 Å². The van der Waals surface area contributed by atoms with Crippen LogP contribution in [0.3, 0.4) is 0 Å². The first kappa shape index (κ1) is 16.3. The Labute approximate surface area is 149 Å². The molecule has 0 bridgehead atoms. The first-order chi connectivity index (χ1) is 12.1. The summed E-state index contributed by atoms with van der Waals surface area (Å²) < 4.78 is 7.85. The largest absolute Gasteiger partial charge is 0.389 e. The Hall–Kier alpha value is -2.16. The normalized spacial score (nSPS) is 26.3. The van der Waals surface area contributed by atoms with E-state index in [0.717, 1.165) is 5.75 Å². The van der Waals surface area contributed by atoms with Crippen LogP contribution < -0.4 is 5.73 Å². The lowest BCUT2D eigenvalue weighted by atomic mass is 10.2. The Morgan fingerprint density at radius 3 is 2.84 bits per heavy atom. The van der Waals surface area contributed by atoms with Crippen LogP contribution in [0.15, 0.2) is 43.0 Å². The van der Waals surface area contributed by atoms with Crippen molar-refractivity contribution in [3.8, 4) is 0 Å². The highest BCUT2D eigenvalue weighted by molar-refractivity contribution is 7.99. The predicted octanol–water partition coefficient (Wildman–Crippen LogP) is 1.99. The highest BCUT2D eigenvalue weighted by Crippen LogP contribution is 2.40. The zero-order valence-electron chi connectivity index (χ0n) is 13.7. The Balaban J connectivity index is 1.63. The summed E-state index contributed by atoms with van der Waals surface area (Å²) in [6.07, 6.45) is 1.86. The monoisotopic (exact) mass is 357 g/mol. The third kappa shape index (κ3) is 2.97. The van der Waals surface area contributed by atoms with Crippen molar-refractivity contribution in [3.63, 3.8) is 0 Å². The fraction of sp³-hybridized carbons (Fsp3) is 0.353. The lowest BCUT2D eigenvalue weighted by molar-refractivity contribution is -0.00597. The number of hydrogen-bond acceptors (Lipinski definition) is 7. The minimum Gasteiger partial charge on any atom is -0.389 e. The van der Waals surface area contributed by atoms with Gasteiger partial charge in [-0.05, 0) is 12.5 Å². The number of anilines is 1. The van der Waals surface area contributed by atoms with Crippen LogP contribution in [-0.2, 0) is 10.5 Å². The lowest BCUT2D eigenvalue weighted by Crippen LogP contribution is -2.28. The van der Waals surface area contributed by atoms with E-state index in [1.807, 2.05) is 29.7 Å². The molecule has 0 aliphatic carbocycles. The molecule has 1 aromatic carbocycles. The molecule has 2 aromatic heterocycles. The fourth-order valence-corrected chi connectivity index (χ4v) is 4.40. The molecule has 3 aromatic rings. The summed E-state index contributed by atoms with van der Waals surface area (Å²) in [4.78, 5) is 12.6. The average molecular weight is 357 g/mol. The van der Waals surface area contributed by atoms with E-state index in [4.69, 9.17) is 10.5 Å². The molecule has 3 N–H and O–H groups in total. The van der Waals surface area contributed by atoms with Gasteiger partial charge in [0.05, 0.1) is 23.8 Å². The van der Waals surface area contributed by atoms with E-state index < -0.39 is 6.10 Å². The highest BCUT2D eigenvalue weighted by Gasteiger charge is 2.43. The van der Waals surface area contributed by atoms with Gasteiger partial charge in [-0.15, -0.1) is 11.8 Å². The number of ether oxygens (including phenoxy) is 1. The molecule has 3 heterocycles. The van der Waals surface area contributed by atoms with E-state index >= 15 is 0 Å². The molecule has 0 amide bonds. The minimum absolute atomic E-state index is 0.135. The number of thioether (sulfide) groups is 1. The average Bonchev–Trinajstić information content (AvgIpc) is 3.17. The van der Waals surface area contributed by atoms with Crippen molar-refractivity contribution in [2.45, 2.75) is 36.4 Å². The smallest absolute Gasteiger partial charge is 0.167 e. The number of nitrogens with two attached hydrogens (primary N) is 1. The number of aliphatic hydroxyl groups excluding tert-OH is 1.